The van der Waals surface area contributed by atoms with Gasteiger partial charge in [-0.3, -0.25) is 14.4 Å². The molecule has 1 aliphatic rings. The summed E-state index contributed by atoms with van der Waals surface area (Å²) < 4.78 is 63.2. The molecule has 4 rings (SSSR count). The summed E-state index contributed by atoms with van der Waals surface area (Å²) in [7, 11) is 0. The maximum atomic E-state index is 13.2. The number of ether oxygens (including phenoxy) is 4. The highest BCUT2D eigenvalue weighted by molar-refractivity contribution is 7.99. The molecule has 226 valence electrons. The lowest BCUT2D eigenvalue weighted by Gasteiger charge is -2.44. The molecule has 3 aromatic heterocycles. The fourth-order valence-corrected chi connectivity index (χ4v) is 6.02. The Labute approximate surface area is 248 Å². The topological polar surface area (TPSA) is 165 Å². The Balaban J connectivity index is 1.79. The van der Waals surface area contributed by atoms with Crippen LogP contribution in [0.4, 0.5) is 13.2 Å². The average molecular weight is 652 g/mol. The third kappa shape index (κ3) is 7.47. The number of aromatic hydroxyl groups is 1. The lowest BCUT2D eigenvalue weighted by molar-refractivity contribution is -0.212. The van der Waals surface area contributed by atoms with Crippen LogP contribution in [0.5, 0.6) is 5.19 Å². The van der Waals surface area contributed by atoms with Gasteiger partial charge in [-0.05, 0) is 6.07 Å². The number of thioether (sulfide) groups is 1. The maximum Gasteiger partial charge on any atom is 0.434 e. The standard InChI is InChI=1S/C23H21ClF3N5O8S2/c1-9(33)37-7-16-18(38-10(2)34)17(32-6-14(30-31-32)15-8-41-22(36)29-15)19(39-11(3)35)21(40-16)42-12-4-13(24)20(28-5-12)23(25,26)27/h4-6,8,16-19,21H,7H2,1-3H3,(H,29,36). The SMILES string of the molecule is CC(=O)OCC1OC(Sc2cnc(C(F)(F)F)c(Cl)c2)C(OC(C)=O)C(n2cc(-c3csc(O)n3)nn2)C1OC(C)=O. The number of carbonyl (C=O) groups excluding carboxylic acids is 3. The zero-order chi connectivity index (χ0) is 30.8. The van der Waals surface area contributed by atoms with Gasteiger partial charge in [-0.1, -0.05) is 39.9 Å². The van der Waals surface area contributed by atoms with Crippen molar-refractivity contribution in [3.8, 4) is 16.6 Å². The normalized spacial score (nSPS) is 22.4. The molecule has 5 unspecified atom stereocenters. The molecule has 1 N–H and O–H groups in total. The van der Waals surface area contributed by atoms with E-state index in [1.807, 2.05) is 0 Å². The van der Waals surface area contributed by atoms with E-state index in [0.717, 1.165) is 56.1 Å². The number of aromatic nitrogens is 5. The Hall–Kier alpha value is -3.48. The molecule has 1 saturated heterocycles. The number of hydrogen-bond donors (Lipinski definition) is 1. The second-order valence-electron chi connectivity index (χ2n) is 8.70. The number of pyridine rings is 1. The molecule has 0 aromatic carbocycles. The first kappa shape index (κ1) is 31.5. The quantitative estimate of drug-likeness (QED) is 0.277. The van der Waals surface area contributed by atoms with Crippen LogP contribution in [0.25, 0.3) is 11.4 Å². The van der Waals surface area contributed by atoms with E-state index in [2.05, 4.69) is 20.3 Å². The Morgan fingerprint density at radius 1 is 1.14 bits per heavy atom. The zero-order valence-corrected chi connectivity index (χ0v) is 24.2. The molecule has 0 bridgehead atoms. The highest BCUT2D eigenvalue weighted by Crippen LogP contribution is 2.43. The predicted molar refractivity (Wildman–Crippen MR) is 138 cm³/mol. The summed E-state index contributed by atoms with van der Waals surface area (Å²) in [5.41, 5.74) is -2.01. The van der Waals surface area contributed by atoms with E-state index >= 15 is 0 Å². The zero-order valence-electron chi connectivity index (χ0n) is 21.8. The van der Waals surface area contributed by atoms with Crippen molar-refractivity contribution >= 4 is 52.6 Å². The van der Waals surface area contributed by atoms with E-state index < -0.39 is 71.2 Å². The largest absolute Gasteiger partial charge is 0.486 e. The molecule has 4 heterocycles. The summed E-state index contributed by atoms with van der Waals surface area (Å²) in [6, 6.07) is -0.136. The van der Waals surface area contributed by atoms with Crippen LogP contribution in [0, 0.1) is 0 Å². The Kier molecular flexibility index (Phi) is 9.59. The van der Waals surface area contributed by atoms with Crippen LogP contribution in [0.3, 0.4) is 0 Å². The van der Waals surface area contributed by atoms with E-state index in [0.29, 0.717) is 0 Å². The average Bonchev–Trinajstić information content (AvgIpc) is 3.52. The van der Waals surface area contributed by atoms with Gasteiger partial charge >= 0.3 is 24.1 Å². The number of rotatable bonds is 8. The number of halogens is 4. The summed E-state index contributed by atoms with van der Waals surface area (Å²) >= 11 is 7.61. The molecule has 0 amide bonds. The van der Waals surface area contributed by atoms with Crippen LogP contribution >= 0.6 is 34.7 Å². The summed E-state index contributed by atoms with van der Waals surface area (Å²) in [6.45, 7) is 2.98. The number of thiazole rings is 1. The van der Waals surface area contributed by atoms with Crippen molar-refractivity contribution in [3.63, 3.8) is 0 Å². The molecule has 0 saturated carbocycles. The van der Waals surface area contributed by atoms with Gasteiger partial charge in [-0.25, -0.2) is 14.6 Å². The molecule has 0 radical (unpaired) electrons. The summed E-state index contributed by atoms with van der Waals surface area (Å²) in [6.07, 6.45) is -6.21. The van der Waals surface area contributed by atoms with Crippen LogP contribution in [0.2, 0.25) is 5.02 Å². The van der Waals surface area contributed by atoms with Crippen molar-refractivity contribution in [3.05, 3.63) is 34.6 Å². The monoisotopic (exact) mass is 651 g/mol. The van der Waals surface area contributed by atoms with Crippen molar-refractivity contribution in [2.24, 2.45) is 0 Å². The van der Waals surface area contributed by atoms with E-state index in [1.54, 1.807) is 0 Å². The van der Waals surface area contributed by atoms with Gasteiger partial charge in [-0.15, -0.1) is 5.10 Å². The fraction of sp³-hybridized carbons (Fsp3) is 0.435. The van der Waals surface area contributed by atoms with Gasteiger partial charge in [-0.2, -0.15) is 13.2 Å². The van der Waals surface area contributed by atoms with E-state index in [4.69, 9.17) is 30.5 Å². The molecular weight excluding hydrogens is 631 g/mol. The molecule has 0 aliphatic carbocycles. The van der Waals surface area contributed by atoms with Crippen molar-refractivity contribution in [1.29, 1.82) is 0 Å². The van der Waals surface area contributed by atoms with Crippen molar-refractivity contribution < 1.29 is 51.6 Å². The highest BCUT2D eigenvalue weighted by Gasteiger charge is 2.52. The molecule has 19 heteroatoms. The van der Waals surface area contributed by atoms with Crippen LogP contribution < -0.4 is 0 Å². The van der Waals surface area contributed by atoms with Crippen molar-refractivity contribution in [2.45, 2.75) is 61.6 Å². The second kappa shape index (κ2) is 12.8. The first-order chi connectivity index (χ1) is 19.7. The third-order valence-corrected chi connectivity index (χ3v) is 7.62. The van der Waals surface area contributed by atoms with Gasteiger partial charge in [0.05, 0.1) is 11.2 Å². The number of esters is 3. The minimum atomic E-state index is -4.79. The molecule has 1 fully saturated rings. The van der Waals surface area contributed by atoms with E-state index in [9.17, 15) is 32.7 Å². The van der Waals surface area contributed by atoms with Gasteiger partial charge in [0.2, 0.25) is 0 Å². The van der Waals surface area contributed by atoms with Crippen LogP contribution in [-0.2, 0) is 39.5 Å². The van der Waals surface area contributed by atoms with Gasteiger partial charge < -0.3 is 24.1 Å². The molecule has 1 aliphatic heterocycles. The maximum absolute atomic E-state index is 13.2. The minimum absolute atomic E-state index is 0.114. The van der Waals surface area contributed by atoms with Crippen LogP contribution in [-0.4, -0.2) is 78.3 Å². The Morgan fingerprint density at radius 3 is 2.40 bits per heavy atom. The lowest BCUT2D eigenvalue weighted by atomic mass is 9.96. The number of hydrogen-bond acceptors (Lipinski definition) is 14. The Morgan fingerprint density at radius 2 is 1.83 bits per heavy atom. The van der Waals surface area contributed by atoms with Crippen molar-refractivity contribution in [2.75, 3.05) is 6.61 Å². The Bertz CT molecular complexity index is 1470. The number of carbonyl (C=O) groups is 3. The molecular formula is C23H21ClF3N5O8S2. The number of nitrogens with zero attached hydrogens (tertiary/aromatic N) is 5. The van der Waals surface area contributed by atoms with E-state index in [1.165, 1.54) is 16.3 Å². The highest BCUT2D eigenvalue weighted by atomic mass is 35.5. The first-order valence-corrected chi connectivity index (χ1v) is 14.0. The fourth-order valence-electron chi connectivity index (χ4n) is 4.03. The third-order valence-electron chi connectivity index (χ3n) is 5.58. The van der Waals surface area contributed by atoms with Gasteiger partial charge in [0.25, 0.3) is 5.19 Å². The van der Waals surface area contributed by atoms with Crippen LogP contribution in [0.15, 0.2) is 28.7 Å². The lowest BCUT2D eigenvalue weighted by Crippen LogP contribution is -2.57. The minimum Gasteiger partial charge on any atom is -0.486 e. The molecule has 5 atom stereocenters. The predicted octanol–water partition coefficient (Wildman–Crippen LogP) is 3.66. The molecule has 42 heavy (non-hydrogen) atoms. The molecule has 13 nitrogen and oxygen atoms in total. The van der Waals surface area contributed by atoms with Crippen molar-refractivity contribution in [1.82, 2.24) is 25.0 Å². The van der Waals surface area contributed by atoms with Gasteiger partial charge in [0, 0.05) is 37.2 Å². The summed E-state index contributed by atoms with van der Waals surface area (Å²) in [5.74, 6) is -2.20. The molecule has 0 spiro atoms. The molecule has 3 aromatic rings. The van der Waals surface area contributed by atoms with Gasteiger partial charge in [0.1, 0.15) is 35.6 Å². The van der Waals surface area contributed by atoms with Gasteiger partial charge in [0.15, 0.2) is 17.9 Å². The second-order valence-corrected chi connectivity index (χ2v) is 11.1. The van der Waals surface area contributed by atoms with E-state index in [-0.39, 0.29) is 21.5 Å². The number of alkyl halides is 3. The summed E-state index contributed by atoms with van der Waals surface area (Å²) in [5, 5.41) is 18.4. The first-order valence-electron chi connectivity index (χ1n) is 11.8. The van der Waals surface area contributed by atoms with Crippen LogP contribution in [0.1, 0.15) is 32.5 Å². The summed E-state index contributed by atoms with van der Waals surface area (Å²) in [4.78, 5) is 43.5. The smallest absolute Gasteiger partial charge is 0.434 e.